The lowest BCUT2D eigenvalue weighted by Crippen LogP contribution is -2.13. The monoisotopic (exact) mass is 278 g/mol. The van der Waals surface area contributed by atoms with Crippen LogP contribution in [0.25, 0.3) is 0 Å². The Morgan fingerprint density at radius 2 is 2.25 bits per heavy atom. The van der Waals surface area contributed by atoms with E-state index in [0.29, 0.717) is 17.9 Å². The van der Waals surface area contributed by atoms with Gasteiger partial charge in [0.2, 0.25) is 0 Å². The number of halogens is 1. The predicted octanol–water partition coefficient (Wildman–Crippen LogP) is 3.20. The molecule has 0 radical (unpaired) electrons. The van der Waals surface area contributed by atoms with E-state index in [0.717, 1.165) is 18.7 Å². The lowest BCUT2D eigenvalue weighted by molar-refractivity contribution is 0.239. The highest BCUT2D eigenvalue weighted by Gasteiger charge is 2.08. The second-order valence-corrected chi connectivity index (χ2v) is 4.64. The van der Waals surface area contributed by atoms with E-state index in [1.165, 1.54) is 0 Å². The fourth-order valence-corrected chi connectivity index (χ4v) is 1.78. The summed E-state index contributed by atoms with van der Waals surface area (Å²) in [6.45, 7) is 5.57. The quantitative estimate of drug-likeness (QED) is 0.790. The minimum Gasteiger partial charge on any atom is -0.482 e. The number of nitrogens with one attached hydrogen (secondary N) is 1. The highest BCUT2D eigenvalue weighted by atomic mass is 19.1. The summed E-state index contributed by atoms with van der Waals surface area (Å²) in [4.78, 5) is 0. The first kappa shape index (κ1) is 14.5. The Bertz CT molecular complexity index is 555. The van der Waals surface area contributed by atoms with Crippen LogP contribution in [0.2, 0.25) is 0 Å². The molecule has 108 valence electrons. The molecular formula is C15H19FN2O2. The molecule has 1 aromatic heterocycles. The molecule has 5 heteroatoms. The third kappa shape index (κ3) is 3.81. The van der Waals surface area contributed by atoms with Crippen LogP contribution >= 0.6 is 0 Å². The average molecular weight is 278 g/mol. The van der Waals surface area contributed by atoms with Crippen molar-refractivity contribution in [3.8, 4) is 5.75 Å². The van der Waals surface area contributed by atoms with Crippen molar-refractivity contribution < 1.29 is 13.7 Å². The number of benzene rings is 1. The number of aryl methyl sites for hydroxylation is 1. The van der Waals surface area contributed by atoms with Gasteiger partial charge in [-0.25, -0.2) is 4.39 Å². The average Bonchev–Trinajstić information content (AvgIpc) is 2.89. The number of hydrogen-bond donors (Lipinski definition) is 1. The SMILES string of the molecule is CCCNCc1cc(COc2cccc(C)c2F)on1. The molecule has 1 heterocycles. The molecule has 0 spiro atoms. The Kier molecular flexibility index (Phi) is 5.12. The third-order valence-electron chi connectivity index (χ3n) is 2.87. The van der Waals surface area contributed by atoms with Crippen LogP contribution in [0.5, 0.6) is 5.75 Å². The van der Waals surface area contributed by atoms with Gasteiger partial charge in [-0.1, -0.05) is 24.2 Å². The van der Waals surface area contributed by atoms with Crippen LogP contribution < -0.4 is 10.1 Å². The van der Waals surface area contributed by atoms with Crippen molar-refractivity contribution >= 4 is 0 Å². The van der Waals surface area contributed by atoms with Crippen molar-refractivity contribution in [2.24, 2.45) is 0 Å². The van der Waals surface area contributed by atoms with Crippen molar-refractivity contribution in [1.82, 2.24) is 10.5 Å². The molecule has 1 N–H and O–H groups in total. The topological polar surface area (TPSA) is 47.3 Å². The minimum absolute atomic E-state index is 0.168. The molecule has 2 rings (SSSR count). The number of ether oxygens (including phenoxy) is 1. The first-order valence-corrected chi connectivity index (χ1v) is 6.73. The summed E-state index contributed by atoms with van der Waals surface area (Å²) in [5.41, 5.74) is 1.38. The summed E-state index contributed by atoms with van der Waals surface area (Å²) in [6, 6.07) is 6.88. The molecule has 2 aromatic rings. The third-order valence-corrected chi connectivity index (χ3v) is 2.87. The van der Waals surface area contributed by atoms with Gasteiger partial charge in [-0.3, -0.25) is 0 Å². The van der Waals surface area contributed by atoms with Crippen molar-refractivity contribution in [1.29, 1.82) is 0 Å². The summed E-state index contributed by atoms with van der Waals surface area (Å²) in [5.74, 6) is 0.475. The maximum absolute atomic E-state index is 13.7. The van der Waals surface area contributed by atoms with Gasteiger partial charge in [-0.15, -0.1) is 0 Å². The van der Waals surface area contributed by atoms with Gasteiger partial charge < -0.3 is 14.6 Å². The fraction of sp³-hybridized carbons (Fsp3) is 0.400. The van der Waals surface area contributed by atoms with Gasteiger partial charge in [-0.05, 0) is 31.5 Å². The smallest absolute Gasteiger partial charge is 0.174 e. The molecule has 20 heavy (non-hydrogen) atoms. The van der Waals surface area contributed by atoms with Crippen LogP contribution in [0, 0.1) is 12.7 Å². The van der Waals surface area contributed by atoms with Gasteiger partial charge in [0, 0.05) is 12.6 Å². The number of hydrogen-bond acceptors (Lipinski definition) is 4. The Labute approximate surface area is 117 Å². The molecular weight excluding hydrogens is 259 g/mol. The maximum atomic E-state index is 13.7. The fourth-order valence-electron chi connectivity index (χ4n) is 1.78. The molecule has 4 nitrogen and oxygen atoms in total. The molecule has 0 aliphatic heterocycles. The van der Waals surface area contributed by atoms with Gasteiger partial charge >= 0.3 is 0 Å². The standard InChI is InChI=1S/C15H19FN2O2/c1-3-7-17-9-12-8-13(20-18-12)10-19-14-6-4-5-11(2)15(14)16/h4-6,8,17H,3,7,9-10H2,1-2H3. The molecule has 0 unspecified atom stereocenters. The highest BCUT2D eigenvalue weighted by Crippen LogP contribution is 2.20. The van der Waals surface area contributed by atoms with Gasteiger partial charge in [0.25, 0.3) is 0 Å². The van der Waals surface area contributed by atoms with Crippen molar-refractivity contribution in [3.63, 3.8) is 0 Å². The van der Waals surface area contributed by atoms with E-state index in [2.05, 4.69) is 17.4 Å². The molecule has 0 fully saturated rings. The molecule has 0 atom stereocenters. The summed E-state index contributed by atoms with van der Waals surface area (Å²) in [6.07, 6.45) is 1.07. The molecule has 0 amide bonds. The lowest BCUT2D eigenvalue weighted by Gasteiger charge is -2.06. The van der Waals surface area contributed by atoms with E-state index in [4.69, 9.17) is 9.26 Å². The Hall–Kier alpha value is -1.88. The van der Waals surface area contributed by atoms with Crippen LogP contribution in [-0.4, -0.2) is 11.7 Å². The van der Waals surface area contributed by atoms with Crippen LogP contribution in [0.1, 0.15) is 30.4 Å². The number of nitrogens with zero attached hydrogens (tertiary/aromatic N) is 1. The zero-order valence-electron chi connectivity index (χ0n) is 11.8. The van der Waals surface area contributed by atoms with Gasteiger partial charge in [0.05, 0.1) is 5.69 Å². The first-order valence-electron chi connectivity index (χ1n) is 6.73. The maximum Gasteiger partial charge on any atom is 0.174 e. The molecule has 0 saturated heterocycles. The summed E-state index contributed by atoms with van der Waals surface area (Å²) in [7, 11) is 0. The van der Waals surface area contributed by atoms with Gasteiger partial charge in [-0.2, -0.15) is 0 Å². The van der Waals surface area contributed by atoms with E-state index >= 15 is 0 Å². The van der Waals surface area contributed by atoms with Gasteiger partial charge in [0.1, 0.15) is 6.61 Å². The van der Waals surface area contributed by atoms with Crippen LogP contribution in [0.3, 0.4) is 0 Å². The zero-order valence-corrected chi connectivity index (χ0v) is 11.8. The van der Waals surface area contributed by atoms with E-state index in [1.807, 2.05) is 6.07 Å². The highest BCUT2D eigenvalue weighted by molar-refractivity contribution is 5.30. The van der Waals surface area contributed by atoms with E-state index < -0.39 is 0 Å². The van der Waals surface area contributed by atoms with Crippen LogP contribution in [0.4, 0.5) is 4.39 Å². The molecule has 0 aliphatic carbocycles. The van der Waals surface area contributed by atoms with Crippen molar-refractivity contribution in [2.75, 3.05) is 6.54 Å². The molecule has 0 aliphatic rings. The van der Waals surface area contributed by atoms with E-state index in [9.17, 15) is 4.39 Å². The van der Waals surface area contributed by atoms with Crippen molar-refractivity contribution in [3.05, 3.63) is 47.1 Å². The largest absolute Gasteiger partial charge is 0.482 e. The zero-order chi connectivity index (χ0) is 14.4. The molecule has 0 saturated carbocycles. The molecule has 1 aromatic carbocycles. The van der Waals surface area contributed by atoms with E-state index in [-0.39, 0.29) is 18.2 Å². The number of aromatic nitrogens is 1. The van der Waals surface area contributed by atoms with Crippen LogP contribution in [0.15, 0.2) is 28.8 Å². The Morgan fingerprint density at radius 3 is 3.05 bits per heavy atom. The first-order chi connectivity index (χ1) is 9.70. The van der Waals surface area contributed by atoms with Crippen molar-refractivity contribution in [2.45, 2.75) is 33.4 Å². The Balaban J connectivity index is 1.89. The predicted molar refractivity (Wildman–Crippen MR) is 74.0 cm³/mol. The normalized spacial score (nSPS) is 10.8. The lowest BCUT2D eigenvalue weighted by atomic mass is 10.2. The second-order valence-electron chi connectivity index (χ2n) is 4.64. The van der Waals surface area contributed by atoms with Gasteiger partial charge in [0.15, 0.2) is 17.3 Å². The minimum atomic E-state index is -0.336. The summed E-state index contributed by atoms with van der Waals surface area (Å²) < 4.78 is 24.3. The second kappa shape index (κ2) is 7.05. The van der Waals surface area contributed by atoms with Crippen LogP contribution in [-0.2, 0) is 13.2 Å². The molecule has 0 bridgehead atoms. The Morgan fingerprint density at radius 1 is 1.40 bits per heavy atom. The summed E-state index contributed by atoms with van der Waals surface area (Å²) in [5, 5.41) is 7.16. The van der Waals surface area contributed by atoms with E-state index in [1.54, 1.807) is 25.1 Å². The number of rotatable bonds is 7. The summed E-state index contributed by atoms with van der Waals surface area (Å²) >= 11 is 0.